The fourth-order valence-electron chi connectivity index (χ4n) is 2.34. The monoisotopic (exact) mass is 321 g/mol. The quantitative estimate of drug-likeness (QED) is 0.861. The van der Waals surface area contributed by atoms with Crippen molar-refractivity contribution in [1.29, 1.82) is 0 Å². The summed E-state index contributed by atoms with van der Waals surface area (Å²) in [7, 11) is 0. The van der Waals surface area contributed by atoms with Gasteiger partial charge in [0.15, 0.2) is 6.61 Å². The largest absolute Gasteiger partial charge is 0.451 e. The number of esters is 1. The van der Waals surface area contributed by atoms with Gasteiger partial charge in [0.1, 0.15) is 10.7 Å². The predicted octanol–water partition coefficient (Wildman–Crippen LogP) is 3.11. The van der Waals surface area contributed by atoms with Crippen LogP contribution in [-0.4, -0.2) is 24.5 Å². The zero-order chi connectivity index (χ0) is 15.7. The highest BCUT2D eigenvalue weighted by Crippen LogP contribution is 2.32. The van der Waals surface area contributed by atoms with Crippen LogP contribution in [0.4, 0.5) is 4.39 Å². The molecule has 1 aliphatic carbocycles. The van der Waals surface area contributed by atoms with E-state index in [2.05, 4.69) is 5.32 Å². The van der Waals surface area contributed by atoms with Gasteiger partial charge in [-0.15, -0.1) is 11.3 Å². The third-order valence-corrected chi connectivity index (χ3v) is 4.84. The molecule has 1 heterocycles. The summed E-state index contributed by atoms with van der Waals surface area (Å²) in [6, 6.07) is 6.25. The Bertz CT molecular complexity index is 723. The average molecular weight is 321 g/mol. The minimum absolute atomic E-state index is 0.115. The maximum Gasteiger partial charge on any atom is 0.348 e. The van der Waals surface area contributed by atoms with Gasteiger partial charge in [0.05, 0.1) is 0 Å². The van der Waals surface area contributed by atoms with Crippen molar-refractivity contribution in [2.24, 2.45) is 5.92 Å². The van der Waals surface area contributed by atoms with Crippen LogP contribution < -0.4 is 5.32 Å². The molecule has 0 unspecified atom stereocenters. The van der Waals surface area contributed by atoms with Gasteiger partial charge in [-0.05, 0) is 43.9 Å². The number of rotatable bonds is 5. The summed E-state index contributed by atoms with van der Waals surface area (Å²) in [5.41, 5.74) is 0. The number of benzene rings is 1. The molecule has 6 heteroatoms. The second-order valence-corrected chi connectivity index (χ2v) is 6.62. The lowest BCUT2D eigenvalue weighted by atomic mass is 10.2. The molecule has 1 aromatic heterocycles. The smallest absolute Gasteiger partial charge is 0.348 e. The summed E-state index contributed by atoms with van der Waals surface area (Å²) >= 11 is 1.15. The van der Waals surface area contributed by atoms with Crippen LogP contribution in [0.3, 0.4) is 0 Å². The standard InChI is InChI=1S/C16H16FNO3S/c1-9(10-5-6-10)18-15(19)8-21-16(20)14-7-11-12(17)3-2-4-13(11)22-14/h2-4,7,9-10H,5-6,8H2,1H3,(H,18,19)/t9-/m0/s1. The zero-order valence-corrected chi connectivity index (χ0v) is 12.9. The Labute approximate surface area is 131 Å². The van der Waals surface area contributed by atoms with Crippen molar-refractivity contribution >= 4 is 33.3 Å². The number of nitrogens with one attached hydrogen (secondary N) is 1. The van der Waals surface area contributed by atoms with E-state index in [0.717, 1.165) is 24.2 Å². The van der Waals surface area contributed by atoms with E-state index < -0.39 is 5.97 Å². The van der Waals surface area contributed by atoms with Crippen LogP contribution in [0, 0.1) is 11.7 Å². The van der Waals surface area contributed by atoms with Gasteiger partial charge in [-0.2, -0.15) is 0 Å². The lowest BCUT2D eigenvalue weighted by molar-refractivity contribution is -0.124. The molecule has 1 aromatic carbocycles. The molecule has 1 N–H and O–H groups in total. The molecule has 1 saturated carbocycles. The Morgan fingerprint density at radius 1 is 1.45 bits per heavy atom. The SMILES string of the molecule is C[C@H](NC(=O)COC(=O)c1cc2c(F)cccc2s1)C1CC1. The summed E-state index contributed by atoms with van der Waals surface area (Å²) in [5.74, 6) is -0.733. The zero-order valence-electron chi connectivity index (χ0n) is 12.1. The van der Waals surface area contributed by atoms with Crippen LogP contribution in [0.1, 0.15) is 29.4 Å². The molecular formula is C16H16FNO3S. The van der Waals surface area contributed by atoms with Gasteiger partial charge < -0.3 is 10.1 Å². The van der Waals surface area contributed by atoms with Crippen LogP contribution in [-0.2, 0) is 9.53 Å². The minimum atomic E-state index is -0.602. The molecule has 1 fully saturated rings. The molecule has 0 spiro atoms. The van der Waals surface area contributed by atoms with E-state index in [4.69, 9.17) is 4.74 Å². The Balaban J connectivity index is 1.58. The van der Waals surface area contributed by atoms with Crippen LogP contribution in [0.5, 0.6) is 0 Å². The van der Waals surface area contributed by atoms with Crippen molar-refractivity contribution in [2.45, 2.75) is 25.8 Å². The summed E-state index contributed by atoms with van der Waals surface area (Å²) in [5, 5.41) is 3.21. The number of carbonyl (C=O) groups is 2. The molecule has 22 heavy (non-hydrogen) atoms. The summed E-state index contributed by atoms with van der Waals surface area (Å²) in [6.07, 6.45) is 2.27. The summed E-state index contributed by atoms with van der Waals surface area (Å²) in [4.78, 5) is 23.9. The van der Waals surface area contributed by atoms with Crippen molar-refractivity contribution in [1.82, 2.24) is 5.32 Å². The molecule has 1 amide bonds. The highest BCUT2D eigenvalue weighted by molar-refractivity contribution is 7.20. The topological polar surface area (TPSA) is 55.4 Å². The van der Waals surface area contributed by atoms with E-state index in [0.29, 0.717) is 20.9 Å². The Morgan fingerprint density at radius 3 is 2.91 bits per heavy atom. The van der Waals surface area contributed by atoms with Crippen molar-refractivity contribution < 1.29 is 18.7 Å². The number of fused-ring (bicyclic) bond motifs is 1. The predicted molar refractivity (Wildman–Crippen MR) is 82.4 cm³/mol. The molecule has 0 bridgehead atoms. The first-order valence-electron chi connectivity index (χ1n) is 7.19. The molecule has 3 rings (SSSR count). The first-order valence-corrected chi connectivity index (χ1v) is 8.01. The van der Waals surface area contributed by atoms with Crippen molar-refractivity contribution in [3.05, 3.63) is 35.0 Å². The molecule has 1 atom stereocenters. The number of hydrogen-bond acceptors (Lipinski definition) is 4. The van der Waals surface area contributed by atoms with E-state index in [1.807, 2.05) is 6.92 Å². The number of halogens is 1. The maximum atomic E-state index is 13.6. The number of carbonyl (C=O) groups excluding carboxylic acids is 2. The molecule has 4 nitrogen and oxygen atoms in total. The van der Waals surface area contributed by atoms with Gasteiger partial charge >= 0.3 is 5.97 Å². The van der Waals surface area contributed by atoms with E-state index in [1.165, 1.54) is 12.1 Å². The molecular weight excluding hydrogens is 305 g/mol. The Hall–Kier alpha value is -1.95. The summed E-state index contributed by atoms with van der Waals surface area (Å²) < 4.78 is 19.3. The summed E-state index contributed by atoms with van der Waals surface area (Å²) in [6.45, 7) is 1.64. The number of thiophene rings is 1. The number of amides is 1. The average Bonchev–Trinajstić information content (AvgIpc) is 3.24. The lowest BCUT2D eigenvalue weighted by Gasteiger charge is -2.12. The number of ether oxygens (including phenoxy) is 1. The van der Waals surface area contributed by atoms with Crippen LogP contribution >= 0.6 is 11.3 Å². The Kier molecular flexibility index (Phi) is 4.11. The maximum absolute atomic E-state index is 13.6. The first kappa shape index (κ1) is 15.0. The van der Waals surface area contributed by atoms with Crippen molar-refractivity contribution in [3.8, 4) is 0 Å². The van der Waals surface area contributed by atoms with Gasteiger partial charge in [0.25, 0.3) is 5.91 Å². The second kappa shape index (κ2) is 6.04. The van der Waals surface area contributed by atoms with Crippen molar-refractivity contribution in [2.75, 3.05) is 6.61 Å². The van der Waals surface area contributed by atoms with E-state index in [9.17, 15) is 14.0 Å². The van der Waals surface area contributed by atoms with Gasteiger partial charge in [-0.1, -0.05) is 6.07 Å². The van der Waals surface area contributed by atoms with E-state index in [1.54, 1.807) is 12.1 Å². The fourth-order valence-corrected chi connectivity index (χ4v) is 3.31. The van der Waals surface area contributed by atoms with Crippen molar-refractivity contribution in [3.63, 3.8) is 0 Å². The van der Waals surface area contributed by atoms with Gasteiger partial charge in [0, 0.05) is 16.1 Å². The third kappa shape index (κ3) is 3.27. The van der Waals surface area contributed by atoms with E-state index >= 15 is 0 Å². The van der Waals surface area contributed by atoms with E-state index in [-0.39, 0.29) is 24.4 Å². The molecule has 0 radical (unpaired) electrons. The van der Waals surface area contributed by atoms with Gasteiger partial charge in [0.2, 0.25) is 0 Å². The van der Waals surface area contributed by atoms with Crippen LogP contribution in [0.15, 0.2) is 24.3 Å². The molecule has 1 aliphatic rings. The second-order valence-electron chi connectivity index (χ2n) is 5.53. The highest BCUT2D eigenvalue weighted by Gasteiger charge is 2.29. The van der Waals surface area contributed by atoms with Gasteiger partial charge in [-0.3, -0.25) is 4.79 Å². The van der Waals surface area contributed by atoms with Crippen LogP contribution in [0.2, 0.25) is 0 Å². The molecule has 0 saturated heterocycles. The Morgan fingerprint density at radius 2 is 2.23 bits per heavy atom. The highest BCUT2D eigenvalue weighted by atomic mass is 32.1. The fraction of sp³-hybridized carbons (Fsp3) is 0.375. The lowest BCUT2D eigenvalue weighted by Crippen LogP contribution is -2.37. The normalized spacial score (nSPS) is 15.5. The third-order valence-electron chi connectivity index (χ3n) is 3.76. The van der Waals surface area contributed by atoms with Gasteiger partial charge in [-0.25, -0.2) is 9.18 Å². The van der Waals surface area contributed by atoms with Crippen LogP contribution in [0.25, 0.3) is 10.1 Å². The minimum Gasteiger partial charge on any atom is -0.451 e. The molecule has 116 valence electrons. The number of hydrogen-bond donors (Lipinski definition) is 1. The molecule has 0 aliphatic heterocycles. The molecule has 2 aromatic rings. The first-order chi connectivity index (χ1) is 10.5.